The molecule has 3 rings (SSSR count). The second-order valence-corrected chi connectivity index (χ2v) is 6.32. The summed E-state index contributed by atoms with van der Waals surface area (Å²) in [7, 11) is 1.63. The van der Waals surface area contributed by atoms with Crippen LogP contribution in [0, 0.1) is 17.8 Å². The highest BCUT2D eigenvalue weighted by molar-refractivity contribution is 5.93. The lowest BCUT2D eigenvalue weighted by molar-refractivity contribution is -0.121. The molecule has 2 aliphatic carbocycles. The molecule has 0 heterocycles. The first-order valence-electron chi connectivity index (χ1n) is 7.76. The lowest BCUT2D eigenvalue weighted by Gasteiger charge is -2.20. The monoisotopic (exact) mass is 286 g/mol. The van der Waals surface area contributed by atoms with Gasteiger partial charge in [-0.2, -0.15) is 0 Å². The predicted octanol–water partition coefficient (Wildman–Crippen LogP) is 2.35. The average Bonchev–Trinajstić information content (AvgIpc) is 3.12. The molecule has 21 heavy (non-hydrogen) atoms. The summed E-state index contributed by atoms with van der Waals surface area (Å²) in [6.07, 6.45) is 5.20. The van der Waals surface area contributed by atoms with Gasteiger partial charge < -0.3 is 10.6 Å². The SMILES string of the molecule is CNC(=O)Cc1ccc(NC(=O)C2CC3CCC2C3)cc1. The normalized spacial score (nSPS) is 26.6. The molecule has 4 heteroatoms. The quantitative estimate of drug-likeness (QED) is 0.892. The first kappa shape index (κ1) is 14.1. The molecule has 0 aromatic heterocycles. The maximum Gasteiger partial charge on any atom is 0.227 e. The van der Waals surface area contributed by atoms with Gasteiger partial charge in [-0.25, -0.2) is 0 Å². The Kier molecular flexibility index (Phi) is 3.95. The van der Waals surface area contributed by atoms with Crippen LogP contribution in [0.25, 0.3) is 0 Å². The zero-order valence-electron chi connectivity index (χ0n) is 12.4. The number of likely N-dealkylation sites (N-methyl/N-ethyl adjacent to an activating group) is 1. The zero-order valence-corrected chi connectivity index (χ0v) is 12.4. The zero-order chi connectivity index (χ0) is 14.8. The van der Waals surface area contributed by atoms with Gasteiger partial charge in [-0.15, -0.1) is 0 Å². The van der Waals surface area contributed by atoms with Crippen molar-refractivity contribution in [2.75, 3.05) is 12.4 Å². The lowest BCUT2D eigenvalue weighted by Crippen LogP contribution is -2.27. The van der Waals surface area contributed by atoms with Gasteiger partial charge in [-0.1, -0.05) is 18.6 Å². The van der Waals surface area contributed by atoms with Crippen LogP contribution in [-0.2, 0) is 16.0 Å². The standard InChI is InChI=1S/C17H22N2O2/c1-18-16(20)10-11-3-6-14(7-4-11)19-17(21)15-9-12-2-5-13(15)8-12/h3-4,6-7,12-13,15H,2,5,8-10H2,1H3,(H,18,20)(H,19,21). The Morgan fingerprint density at radius 3 is 2.48 bits per heavy atom. The van der Waals surface area contributed by atoms with Gasteiger partial charge >= 0.3 is 0 Å². The van der Waals surface area contributed by atoms with Gasteiger partial charge in [0.1, 0.15) is 0 Å². The smallest absolute Gasteiger partial charge is 0.227 e. The number of rotatable bonds is 4. The van der Waals surface area contributed by atoms with E-state index in [4.69, 9.17) is 0 Å². The second-order valence-electron chi connectivity index (χ2n) is 6.32. The summed E-state index contributed by atoms with van der Waals surface area (Å²) in [5.41, 5.74) is 1.77. The number of carbonyl (C=O) groups excluding carboxylic acids is 2. The van der Waals surface area contributed by atoms with Crippen molar-refractivity contribution in [3.05, 3.63) is 29.8 Å². The van der Waals surface area contributed by atoms with E-state index < -0.39 is 0 Å². The Morgan fingerprint density at radius 1 is 1.14 bits per heavy atom. The van der Waals surface area contributed by atoms with Gasteiger partial charge in [-0.05, 0) is 48.8 Å². The molecule has 1 aromatic rings. The largest absolute Gasteiger partial charge is 0.359 e. The molecule has 3 atom stereocenters. The van der Waals surface area contributed by atoms with E-state index in [1.54, 1.807) is 7.05 Å². The Bertz CT molecular complexity index is 538. The van der Waals surface area contributed by atoms with Crippen LogP contribution in [0.15, 0.2) is 24.3 Å². The fourth-order valence-corrected chi connectivity index (χ4v) is 3.78. The summed E-state index contributed by atoms with van der Waals surface area (Å²) in [6.45, 7) is 0. The fraction of sp³-hybridized carbons (Fsp3) is 0.529. The first-order valence-corrected chi connectivity index (χ1v) is 7.76. The van der Waals surface area contributed by atoms with Crippen LogP contribution in [0.3, 0.4) is 0 Å². The highest BCUT2D eigenvalue weighted by atomic mass is 16.2. The van der Waals surface area contributed by atoms with E-state index in [-0.39, 0.29) is 17.7 Å². The van der Waals surface area contributed by atoms with Crippen molar-refractivity contribution in [3.8, 4) is 0 Å². The first-order chi connectivity index (χ1) is 10.2. The van der Waals surface area contributed by atoms with Crippen LogP contribution >= 0.6 is 0 Å². The summed E-state index contributed by atoms with van der Waals surface area (Å²) >= 11 is 0. The molecular formula is C17H22N2O2. The topological polar surface area (TPSA) is 58.2 Å². The number of fused-ring (bicyclic) bond motifs is 2. The van der Waals surface area contributed by atoms with Crippen molar-refractivity contribution in [2.45, 2.75) is 32.1 Å². The fourth-order valence-electron chi connectivity index (χ4n) is 3.78. The number of amides is 2. The molecule has 0 spiro atoms. The Labute approximate surface area is 125 Å². The van der Waals surface area contributed by atoms with E-state index in [1.165, 1.54) is 19.3 Å². The summed E-state index contributed by atoms with van der Waals surface area (Å²) in [5.74, 6) is 1.74. The third-order valence-electron chi connectivity index (χ3n) is 4.94. The number of carbonyl (C=O) groups is 2. The van der Waals surface area contributed by atoms with E-state index in [1.807, 2.05) is 24.3 Å². The maximum absolute atomic E-state index is 12.3. The van der Waals surface area contributed by atoms with E-state index in [9.17, 15) is 9.59 Å². The molecule has 2 amide bonds. The number of hydrogen-bond donors (Lipinski definition) is 2. The molecule has 2 bridgehead atoms. The number of anilines is 1. The molecule has 4 nitrogen and oxygen atoms in total. The van der Waals surface area contributed by atoms with Gasteiger partial charge in [0.15, 0.2) is 0 Å². The minimum absolute atomic E-state index is 0.00577. The predicted molar refractivity (Wildman–Crippen MR) is 81.8 cm³/mol. The van der Waals surface area contributed by atoms with Crippen LogP contribution in [0.2, 0.25) is 0 Å². The Hall–Kier alpha value is -1.84. The molecule has 0 aliphatic heterocycles. The Balaban J connectivity index is 1.57. The lowest BCUT2D eigenvalue weighted by atomic mass is 9.88. The molecule has 0 saturated heterocycles. The van der Waals surface area contributed by atoms with Crippen LogP contribution < -0.4 is 10.6 Å². The van der Waals surface area contributed by atoms with Crippen LogP contribution in [0.1, 0.15) is 31.2 Å². The third-order valence-corrected chi connectivity index (χ3v) is 4.94. The van der Waals surface area contributed by atoms with Gasteiger partial charge in [-0.3, -0.25) is 9.59 Å². The Morgan fingerprint density at radius 2 is 1.90 bits per heavy atom. The second kappa shape index (κ2) is 5.88. The van der Waals surface area contributed by atoms with Gasteiger partial charge in [0.25, 0.3) is 0 Å². The molecule has 2 N–H and O–H groups in total. The summed E-state index contributed by atoms with van der Waals surface area (Å²) in [5, 5.41) is 5.63. The van der Waals surface area contributed by atoms with Crippen molar-refractivity contribution in [2.24, 2.45) is 17.8 Å². The van der Waals surface area contributed by atoms with Crippen LogP contribution in [-0.4, -0.2) is 18.9 Å². The van der Waals surface area contributed by atoms with Crippen molar-refractivity contribution >= 4 is 17.5 Å². The van der Waals surface area contributed by atoms with E-state index in [0.29, 0.717) is 12.3 Å². The number of hydrogen-bond acceptors (Lipinski definition) is 2. The number of benzene rings is 1. The molecule has 2 saturated carbocycles. The highest BCUT2D eigenvalue weighted by Crippen LogP contribution is 2.48. The van der Waals surface area contributed by atoms with Crippen molar-refractivity contribution in [1.29, 1.82) is 0 Å². The van der Waals surface area contributed by atoms with Crippen molar-refractivity contribution in [1.82, 2.24) is 5.32 Å². The summed E-state index contributed by atoms with van der Waals surface area (Å²) < 4.78 is 0. The number of nitrogens with one attached hydrogen (secondary N) is 2. The molecule has 2 aliphatic rings. The minimum Gasteiger partial charge on any atom is -0.359 e. The van der Waals surface area contributed by atoms with Gasteiger partial charge in [0, 0.05) is 18.7 Å². The van der Waals surface area contributed by atoms with Gasteiger partial charge in [0.05, 0.1) is 6.42 Å². The summed E-state index contributed by atoms with van der Waals surface area (Å²) in [4.78, 5) is 23.6. The molecular weight excluding hydrogens is 264 g/mol. The van der Waals surface area contributed by atoms with E-state index in [2.05, 4.69) is 10.6 Å². The van der Waals surface area contributed by atoms with Gasteiger partial charge in [0.2, 0.25) is 11.8 Å². The van der Waals surface area contributed by atoms with Crippen LogP contribution in [0.4, 0.5) is 5.69 Å². The van der Waals surface area contributed by atoms with E-state index in [0.717, 1.165) is 23.6 Å². The molecule has 3 unspecified atom stereocenters. The third kappa shape index (κ3) is 3.09. The average molecular weight is 286 g/mol. The minimum atomic E-state index is -0.00577. The van der Waals surface area contributed by atoms with Crippen LogP contribution in [0.5, 0.6) is 0 Å². The molecule has 0 radical (unpaired) electrons. The molecule has 1 aromatic carbocycles. The summed E-state index contributed by atoms with van der Waals surface area (Å²) in [6, 6.07) is 7.55. The molecule has 112 valence electrons. The molecule has 2 fully saturated rings. The highest BCUT2D eigenvalue weighted by Gasteiger charge is 2.42. The van der Waals surface area contributed by atoms with E-state index >= 15 is 0 Å². The van der Waals surface area contributed by atoms with Crippen molar-refractivity contribution < 1.29 is 9.59 Å². The van der Waals surface area contributed by atoms with Crippen molar-refractivity contribution in [3.63, 3.8) is 0 Å². The maximum atomic E-state index is 12.3.